The van der Waals surface area contributed by atoms with Gasteiger partial charge in [0.25, 0.3) is 0 Å². The highest BCUT2D eigenvalue weighted by Crippen LogP contribution is 2.27. The Balaban J connectivity index is 1.62. The normalized spacial score (nSPS) is 11.1. The van der Waals surface area contributed by atoms with Gasteiger partial charge in [0.05, 0.1) is 24.2 Å². The van der Waals surface area contributed by atoms with Gasteiger partial charge >= 0.3 is 0 Å². The predicted octanol–water partition coefficient (Wildman–Crippen LogP) is 5.52. The zero-order valence-corrected chi connectivity index (χ0v) is 19.1. The lowest BCUT2D eigenvalue weighted by atomic mass is 10.0. The third-order valence-electron chi connectivity index (χ3n) is 5.35. The van der Waals surface area contributed by atoms with Crippen LogP contribution in [0.4, 0.5) is 0 Å². The Morgan fingerprint density at radius 2 is 1.97 bits per heavy atom. The van der Waals surface area contributed by atoms with E-state index in [4.69, 9.17) is 9.72 Å². The fourth-order valence-electron chi connectivity index (χ4n) is 3.62. The van der Waals surface area contributed by atoms with Crippen LogP contribution in [-0.2, 0) is 17.9 Å². The molecule has 0 spiro atoms. The fourth-order valence-corrected chi connectivity index (χ4v) is 3.62. The van der Waals surface area contributed by atoms with E-state index in [0.717, 1.165) is 42.0 Å². The minimum absolute atomic E-state index is 0.147. The summed E-state index contributed by atoms with van der Waals surface area (Å²) in [6.07, 6.45) is 1.90. The average molecular weight is 420 g/mol. The van der Waals surface area contributed by atoms with E-state index in [-0.39, 0.29) is 5.91 Å². The van der Waals surface area contributed by atoms with Gasteiger partial charge < -0.3 is 14.6 Å². The molecule has 1 heterocycles. The van der Waals surface area contributed by atoms with Crippen molar-refractivity contribution < 1.29 is 9.53 Å². The molecule has 0 unspecified atom stereocenters. The fraction of sp³-hybridized carbons (Fsp3) is 0.385. The molecule has 0 aliphatic carbocycles. The van der Waals surface area contributed by atoms with Gasteiger partial charge in [0.2, 0.25) is 5.91 Å². The van der Waals surface area contributed by atoms with Crippen molar-refractivity contribution in [1.29, 1.82) is 0 Å². The number of nitrogens with zero attached hydrogens (tertiary/aromatic N) is 2. The number of para-hydroxylation sites is 2. The molecule has 1 aromatic heterocycles. The highest BCUT2D eigenvalue weighted by atomic mass is 16.5. The first kappa shape index (κ1) is 22.6. The summed E-state index contributed by atoms with van der Waals surface area (Å²) in [6.45, 7) is 13.8. The first-order valence-electron chi connectivity index (χ1n) is 11.0. The van der Waals surface area contributed by atoms with Gasteiger partial charge in [-0.15, -0.1) is 0 Å². The number of carbonyl (C=O) groups excluding carboxylic acids is 1. The van der Waals surface area contributed by atoms with Crippen molar-refractivity contribution >= 4 is 16.9 Å². The number of amides is 1. The highest BCUT2D eigenvalue weighted by molar-refractivity contribution is 5.92. The van der Waals surface area contributed by atoms with Crippen LogP contribution in [0.25, 0.3) is 11.0 Å². The van der Waals surface area contributed by atoms with Crippen molar-refractivity contribution in [2.45, 2.75) is 59.5 Å². The molecule has 3 aromatic rings. The summed E-state index contributed by atoms with van der Waals surface area (Å²) >= 11 is 0. The van der Waals surface area contributed by atoms with Gasteiger partial charge in [0.15, 0.2) is 0 Å². The lowest BCUT2D eigenvalue weighted by Gasteiger charge is -2.15. The molecule has 0 aliphatic heterocycles. The molecule has 1 amide bonds. The summed E-state index contributed by atoms with van der Waals surface area (Å²) in [5.74, 6) is 2.14. The maximum atomic E-state index is 11.9. The van der Waals surface area contributed by atoms with E-state index in [9.17, 15) is 4.79 Å². The minimum atomic E-state index is -0.147. The average Bonchev–Trinajstić information content (AvgIpc) is 3.09. The smallest absolute Gasteiger partial charge is 0.246 e. The summed E-state index contributed by atoms with van der Waals surface area (Å²) in [5, 5.41) is 2.90. The molecule has 0 saturated carbocycles. The van der Waals surface area contributed by atoms with E-state index in [1.165, 1.54) is 11.1 Å². The Bertz CT molecular complexity index is 1070. The van der Waals surface area contributed by atoms with E-state index in [1.807, 2.05) is 18.2 Å². The Labute approximate surface area is 185 Å². The Morgan fingerprint density at radius 3 is 2.71 bits per heavy atom. The van der Waals surface area contributed by atoms with Crippen molar-refractivity contribution in [2.24, 2.45) is 0 Å². The van der Waals surface area contributed by atoms with E-state index >= 15 is 0 Å². The van der Waals surface area contributed by atoms with Crippen molar-refractivity contribution in [2.75, 3.05) is 6.61 Å². The number of benzene rings is 2. The van der Waals surface area contributed by atoms with Crippen molar-refractivity contribution in [1.82, 2.24) is 14.9 Å². The molecule has 0 atom stereocenters. The van der Waals surface area contributed by atoms with Gasteiger partial charge in [-0.05, 0) is 61.9 Å². The van der Waals surface area contributed by atoms with Gasteiger partial charge in [-0.3, -0.25) is 4.79 Å². The molecule has 31 heavy (non-hydrogen) atoms. The molecule has 0 fully saturated rings. The van der Waals surface area contributed by atoms with Gasteiger partial charge in [0.1, 0.15) is 11.6 Å². The first-order chi connectivity index (χ1) is 14.9. The van der Waals surface area contributed by atoms with E-state index in [1.54, 1.807) is 6.92 Å². The first-order valence-corrected chi connectivity index (χ1v) is 11.0. The molecule has 0 aliphatic rings. The third-order valence-corrected chi connectivity index (χ3v) is 5.35. The predicted molar refractivity (Wildman–Crippen MR) is 126 cm³/mol. The summed E-state index contributed by atoms with van der Waals surface area (Å²) < 4.78 is 8.32. The molecule has 0 radical (unpaired) electrons. The van der Waals surface area contributed by atoms with Crippen molar-refractivity contribution in [3.05, 3.63) is 71.6 Å². The summed E-state index contributed by atoms with van der Waals surface area (Å²) in [6, 6.07) is 14.5. The summed E-state index contributed by atoms with van der Waals surface area (Å²) in [7, 11) is 0. The van der Waals surface area contributed by atoms with Gasteiger partial charge in [0, 0.05) is 12.1 Å². The van der Waals surface area contributed by atoms with E-state index < -0.39 is 0 Å². The van der Waals surface area contributed by atoms with Crippen LogP contribution in [0.3, 0.4) is 0 Å². The van der Waals surface area contributed by atoms with Gasteiger partial charge in [-0.2, -0.15) is 0 Å². The standard InChI is InChI=1S/C26H33N3O2/c1-18(2)21-13-12-20(5)16-24(21)31-15-9-8-14-29-23-11-7-6-10-22(23)28-25(29)17-27-26(30)19(3)4/h6-7,10-13,16,18H,3,8-9,14-15,17H2,1-2,4-5H3,(H,27,30). The minimum Gasteiger partial charge on any atom is -0.493 e. The number of ether oxygens (including phenoxy) is 1. The number of imidazole rings is 1. The largest absolute Gasteiger partial charge is 0.493 e. The molecule has 5 heteroatoms. The topological polar surface area (TPSA) is 56.2 Å². The number of aromatic nitrogens is 2. The van der Waals surface area contributed by atoms with Gasteiger partial charge in [-0.1, -0.05) is 44.7 Å². The zero-order valence-electron chi connectivity index (χ0n) is 19.1. The number of fused-ring (bicyclic) bond motifs is 1. The second-order valence-corrected chi connectivity index (χ2v) is 8.38. The number of unbranched alkanes of at least 4 members (excludes halogenated alkanes) is 1. The van der Waals surface area contributed by atoms with Crippen LogP contribution in [0.15, 0.2) is 54.6 Å². The number of aryl methyl sites for hydroxylation is 2. The summed E-state index contributed by atoms with van der Waals surface area (Å²) in [4.78, 5) is 16.6. The molecular weight excluding hydrogens is 386 g/mol. The quantitative estimate of drug-likeness (QED) is 0.348. The maximum Gasteiger partial charge on any atom is 0.246 e. The lowest BCUT2D eigenvalue weighted by Crippen LogP contribution is -2.25. The SMILES string of the molecule is C=C(C)C(=O)NCc1nc2ccccc2n1CCCCOc1cc(C)ccc1C(C)C. The van der Waals surface area contributed by atoms with E-state index in [2.05, 4.69) is 61.5 Å². The maximum absolute atomic E-state index is 11.9. The van der Waals surface area contributed by atoms with Crippen molar-refractivity contribution in [3.8, 4) is 5.75 Å². The number of hydrogen-bond donors (Lipinski definition) is 1. The number of nitrogens with one attached hydrogen (secondary N) is 1. The molecule has 164 valence electrons. The van der Waals surface area contributed by atoms with Crippen LogP contribution in [0.5, 0.6) is 5.75 Å². The molecule has 0 saturated heterocycles. The molecule has 1 N–H and O–H groups in total. The Kier molecular flexibility index (Phi) is 7.50. The van der Waals surface area contributed by atoms with Crippen LogP contribution >= 0.6 is 0 Å². The second kappa shape index (κ2) is 10.3. The van der Waals surface area contributed by atoms with Crippen LogP contribution < -0.4 is 10.1 Å². The third kappa shape index (κ3) is 5.75. The van der Waals surface area contributed by atoms with Crippen LogP contribution in [0, 0.1) is 6.92 Å². The number of rotatable bonds is 10. The van der Waals surface area contributed by atoms with Crippen LogP contribution in [0.1, 0.15) is 56.5 Å². The highest BCUT2D eigenvalue weighted by Gasteiger charge is 2.12. The zero-order chi connectivity index (χ0) is 22.4. The molecular formula is C26H33N3O2. The lowest BCUT2D eigenvalue weighted by molar-refractivity contribution is -0.117. The van der Waals surface area contributed by atoms with Crippen molar-refractivity contribution in [3.63, 3.8) is 0 Å². The molecule has 0 bridgehead atoms. The summed E-state index contributed by atoms with van der Waals surface area (Å²) in [5.41, 5.74) is 4.99. The number of hydrogen-bond acceptors (Lipinski definition) is 3. The monoisotopic (exact) mass is 419 g/mol. The second-order valence-electron chi connectivity index (χ2n) is 8.38. The van der Waals surface area contributed by atoms with E-state index in [0.29, 0.717) is 24.6 Å². The Hall–Kier alpha value is -3.08. The molecule has 3 rings (SSSR count). The van der Waals surface area contributed by atoms with Gasteiger partial charge in [-0.25, -0.2) is 4.98 Å². The Morgan fingerprint density at radius 1 is 1.19 bits per heavy atom. The number of carbonyl (C=O) groups is 1. The molecule has 2 aromatic carbocycles. The van der Waals surface area contributed by atoms with Crippen LogP contribution in [0.2, 0.25) is 0 Å². The van der Waals surface area contributed by atoms with Crippen LogP contribution in [-0.4, -0.2) is 22.1 Å². The molecule has 5 nitrogen and oxygen atoms in total.